The number of rotatable bonds is 2. The molecular weight excluding hydrogens is 270 g/mol. The third-order valence-corrected chi connectivity index (χ3v) is 4.30. The monoisotopic (exact) mass is 291 g/mol. The number of piperazine rings is 1. The van der Waals surface area contributed by atoms with Crippen molar-refractivity contribution in [3.05, 3.63) is 22.8 Å². The Hall–Kier alpha value is -1.57. The van der Waals surface area contributed by atoms with E-state index in [2.05, 4.69) is 32.1 Å². The van der Waals surface area contributed by atoms with Crippen molar-refractivity contribution in [1.82, 2.24) is 25.1 Å². The Labute approximate surface area is 124 Å². The predicted molar refractivity (Wildman–Crippen MR) is 77.3 cm³/mol. The zero-order valence-electron chi connectivity index (χ0n) is 12.5. The number of fused-ring (bicyclic) bond motifs is 1. The van der Waals surface area contributed by atoms with Gasteiger partial charge in [0.25, 0.3) is 0 Å². The summed E-state index contributed by atoms with van der Waals surface area (Å²) in [7, 11) is 4.11. The minimum atomic E-state index is -0.967. The number of carboxylic acid groups (broad SMARTS) is 1. The molecule has 114 valence electrons. The molecule has 3 rings (SSSR count). The molecule has 0 aromatic carbocycles. The van der Waals surface area contributed by atoms with Crippen LogP contribution in [0, 0.1) is 0 Å². The molecular formula is C14H21N5O2. The SMILES string of the molecule is CN1CCN(C)C(c2nc3c(c(C(=O)O)n2)CNCC3)C1. The van der Waals surface area contributed by atoms with Crippen LogP contribution in [0.4, 0.5) is 0 Å². The van der Waals surface area contributed by atoms with Gasteiger partial charge >= 0.3 is 5.97 Å². The van der Waals surface area contributed by atoms with Gasteiger partial charge < -0.3 is 15.3 Å². The number of carboxylic acids is 1. The molecule has 0 radical (unpaired) electrons. The minimum Gasteiger partial charge on any atom is -0.476 e. The number of likely N-dealkylation sites (N-methyl/N-ethyl adjacent to an activating group) is 2. The number of hydrogen-bond acceptors (Lipinski definition) is 6. The van der Waals surface area contributed by atoms with Gasteiger partial charge in [-0.2, -0.15) is 0 Å². The molecule has 3 heterocycles. The van der Waals surface area contributed by atoms with E-state index >= 15 is 0 Å². The Kier molecular flexibility index (Phi) is 3.88. The van der Waals surface area contributed by atoms with Crippen molar-refractivity contribution in [2.45, 2.75) is 19.0 Å². The lowest BCUT2D eigenvalue weighted by molar-refractivity contribution is 0.0685. The van der Waals surface area contributed by atoms with E-state index in [1.807, 2.05) is 7.05 Å². The predicted octanol–water partition coefficient (Wildman–Crippen LogP) is -0.261. The summed E-state index contributed by atoms with van der Waals surface area (Å²) < 4.78 is 0. The second-order valence-corrected chi connectivity index (χ2v) is 5.85. The average molecular weight is 291 g/mol. The largest absolute Gasteiger partial charge is 0.476 e. The highest BCUT2D eigenvalue weighted by Crippen LogP contribution is 2.24. The molecule has 1 aromatic heterocycles. The zero-order chi connectivity index (χ0) is 15.0. The van der Waals surface area contributed by atoms with Crippen LogP contribution in [0.2, 0.25) is 0 Å². The van der Waals surface area contributed by atoms with E-state index in [0.29, 0.717) is 12.4 Å². The second kappa shape index (κ2) is 5.67. The van der Waals surface area contributed by atoms with Crippen LogP contribution in [-0.4, -0.2) is 71.1 Å². The van der Waals surface area contributed by atoms with Crippen LogP contribution in [0.3, 0.4) is 0 Å². The van der Waals surface area contributed by atoms with Crippen molar-refractivity contribution in [1.29, 1.82) is 0 Å². The van der Waals surface area contributed by atoms with Crippen molar-refractivity contribution < 1.29 is 9.90 Å². The Bertz CT molecular complexity index is 563. The standard InChI is InChI=1S/C14H21N5O2/c1-18-5-6-19(2)11(8-18)13-16-10-3-4-15-7-9(10)12(17-13)14(20)21/h11,15H,3-8H2,1-2H3,(H,20,21). The van der Waals surface area contributed by atoms with Crippen molar-refractivity contribution in [2.75, 3.05) is 40.3 Å². The molecule has 21 heavy (non-hydrogen) atoms. The Morgan fingerprint density at radius 2 is 2.14 bits per heavy atom. The van der Waals surface area contributed by atoms with Crippen LogP contribution in [-0.2, 0) is 13.0 Å². The van der Waals surface area contributed by atoms with Crippen LogP contribution in [0.5, 0.6) is 0 Å². The number of nitrogens with zero attached hydrogens (tertiary/aromatic N) is 4. The molecule has 1 unspecified atom stereocenters. The summed E-state index contributed by atoms with van der Waals surface area (Å²) in [6.07, 6.45) is 0.761. The first kappa shape index (κ1) is 14.4. The summed E-state index contributed by atoms with van der Waals surface area (Å²) in [4.78, 5) is 25.0. The van der Waals surface area contributed by atoms with Crippen LogP contribution in [0.1, 0.15) is 33.6 Å². The smallest absolute Gasteiger partial charge is 0.354 e. The zero-order valence-corrected chi connectivity index (χ0v) is 12.5. The van der Waals surface area contributed by atoms with Gasteiger partial charge in [0.15, 0.2) is 5.69 Å². The maximum absolute atomic E-state index is 11.5. The number of aromatic nitrogens is 2. The fourth-order valence-electron chi connectivity index (χ4n) is 2.98. The summed E-state index contributed by atoms with van der Waals surface area (Å²) >= 11 is 0. The molecule has 1 aromatic rings. The lowest BCUT2D eigenvalue weighted by Gasteiger charge is -2.37. The molecule has 0 amide bonds. The Balaban J connectivity index is 2.02. The number of nitrogens with one attached hydrogen (secondary N) is 1. The fraction of sp³-hybridized carbons (Fsp3) is 0.643. The molecule has 2 aliphatic heterocycles. The number of aromatic carboxylic acids is 1. The summed E-state index contributed by atoms with van der Waals surface area (Å²) in [5, 5.41) is 12.6. The summed E-state index contributed by atoms with van der Waals surface area (Å²) in [6.45, 7) is 4.15. The molecule has 2 N–H and O–H groups in total. The van der Waals surface area contributed by atoms with Gasteiger partial charge in [0, 0.05) is 44.7 Å². The van der Waals surface area contributed by atoms with E-state index < -0.39 is 5.97 Å². The highest BCUT2D eigenvalue weighted by atomic mass is 16.4. The van der Waals surface area contributed by atoms with Crippen molar-refractivity contribution in [3.8, 4) is 0 Å². The maximum atomic E-state index is 11.5. The highest BCUT2D eigenvalue weighted by molar-refractivity contribution is 5.87. The lowest BCUT2D eigenvalue weighted by Crippen LogP contribution is -2.45. The highest BCUT2D eigenvalue weighted by Gasteiger charge is 2.29. The van der Waals surface area contributed by atoms with Crippen molar-refractivity contribution in [2.24, 2.45) is 0 Å². The van der Waals surface area contributed by atoms with Gasteiger partial charge in [0.1, 0.15) is 5.82 Å². The van der Waals surface area contributed by atoms with E-state index in [1.54, 1.807) is 0 Å². The van der Waals surface area contributed by atoms with E-state index in [-0.39, 0.29) is 11.7 Å². The van der Waals surface area contributed by atoms with Crippen LogP contribution in [0.15, 0.2) is 0 Å². The molecule has 1 fully saturated rings. The maximum Gasteiger partial charge on any atom is 0.354 e. The first-order chi connectivity index (χ1) is 10.1. The normalized spacial score (nSPS) is 23.8. The van der Waals surface area contributed by atoms with E-state index in [9.17, 15) is 9.90 Å². The third kappa shape index (κ3) is 2.76. The molecule has 1 saturated heterocycles. The molecule has 2 aliphatic rings. The fourth-order valence-corrected chi connectivity index (χ4v) is 2.98. The van der Waals surface area contributed by atoms with Crippen LogP contribution >= 0.6 is 0 Å². The molecule has 0 saturated carbocycles. The molecule has 0 bridgehead atoms. The molecule has 0 spiro atoms. The Morgan fingerprint density at radius 1 is 1.33 bits per heavy atom. The average Bonchev–Trinajstić information content (AvgIpc) is 2.48. The number of carbonyl (C=O) groups is 1. The summed E-state index contributed by atoms with van der Waals surface area (Å²) in [6, 6.07) is 0.0574. The van der Waals surface area contributed by atoms with Gasteiger partial charge in [-0.1, -0.05) is 0 Å². The topological polar surface area (TPSA) is 81.6 Å². The van der Waals surface area contributed by atoms with Crippen molar-refractivity contribution >= 4 is 5.97 Å². The van der Waals surface area contributed by atoms with Gasteiger partial charge in [0.2, 0.25) is 0 Å². The minimum absolute atomic E-state index is 0.0574. The molecule has 7 heteroatoms. The van der Waals surface area contributed by atoms with Crippen molar-refractivity contribution in [3.63, 3.8) is 0 Å². The second-order valence-electron chi connectivity index (χ2n) is 5.85. The van der Waals surface area contributed by atoms with E-state index in [4.69, 9.17) is 0 Å². The van der Waals surface area contributed by atoms with Gasteiger partial charge in [-0.05, 0) is 14.1 Å². The van der Waals surface area contributed by atoms with E-state index in [1.165, 1.54) is 0 Å². The molecule has 1 atom stereocenters. The van der Waals surface area contributed by atoms with E-state index in [0.717, 1.165) is 43.9 Å². The first-order valence-corrected chi connectivity index (χ1v) is 7.28. The van der Waals surface area contributed by atoms with Gasteiger partial charge in [-0.15, -0.1) is 0 Å². The molecule has 0 aliphatic carbocycles. The quantitative estimate of drug-likeness (QED) is 0.777. The molecule has 7 nitrogen and oxygen atoms in total. The van der Waals surface area contributed by atoms with Gasteiger partial charge in [0.05, 0.1) is 11.7 Å². The van der Waals surface area contributed by atoms with Crippen LogP contribution in [0.25, 0.3) is 0 Å². The Morgan fingerprint density at radius 3 is 2.90 bits per heavy atom. The third-order valence-electron chi connectivity index (χ3n) is 4.30. The van der Waals surface area contributed by atoms with Gasteiger partial charge in [-0.25, -0.2) is 14.8 Å². The lowest BCUT2D eigenvalue weighted by atomic mass is 10.0. The summed E-state index contributed by atoms with van der Waals surface area (Å²) in [5.74, 6) is -0.326. The summed E-state index contributed by atoms with van der Waals surface area (Å²) in [5.41, 5.74) is 1.78. The first-order valence-electron chi connectivity index (χ1n) is 7.28. The van der Waals surface area contributed by atoms with Gasteiger partial charge in [-0.3, -0.25) is 4.90 Å². The van der Waals surface area contributed by atoms with Crippen LogP contribution < -0.4 is 5.32 Å². The number of hydrogen-bond donors (Lipinski definition) is 2.